The minimum absolute atomic E-state index is 0.0439. The van der Waals surface area contributed by atoms with Crippen molar-refractivity contribution >= 4 is 28.3 Å². The highest BCUT2D eigenvalue weighted by atomic mass is 32.2. The highest BCUT2D eigenvalue weighted by molar-refractivity contribution is 7.99. The zero-order valence-corrected chi connectivity index (χ0v) is 19.4. The smallest absolute Gasteiger partial charge is 0.196 e. The standard InChI is InChI=1S/C27H22N4O2S/c1-2-33-24-11-9-23(10-12-24)31-26(20-13-15-28-16-14-20)29-30-27(31)34-18-25(32)22-8-7-19-5-3-4-6-21(19)17-22/h3-17H,2,18H2,1H3. The molecule has 3 aromatic carbocycles. The Balaban J connectivity index is 1.44. The van der Waals surface area contributed by atoms with Gasteiger partial charge in [-0.15, -0.1) is 10.2 Å². The van der Waals surface area contributed by atoms with Gasteiger partial charge in [0.15, 0.2) is 16.8 Å². The predicted octanol–water partition coefficient (Wildman–Crippen LogP) is 5.86. The van der Waals surface area contributed by atoms with Gasteiger partial charge in [-0.3, -0.25) is 14.3 Å². The van der Waals surface area contributed by atoms with Crippen LogP contribution < -0.4 is 4.74 Å². The van der Waals surface area contributed by atoms with Gasteiger partial charge in [0.2, 0.25) is 0 Å². The van der Waals surface area contributed by atoms with E-state index in [1.54, 1.807) is 12.4 Å². The lowest BCUT2D eigenvalue weighted by Gasteiger charge is -2.11. The Morgan fingerprint density at radius 3 is 2.44 bits per heavy atom. The van der Waals surface area contributed by atoms with E-state index in [4.69, 9.17) is 4.74 Å². The third kappa shape index (κ3) is 4.56. The van der Waals surface area contributed by atoms with Gasteiger partial charge >= 0.3 is 0 Å². The quantitative estimate of drug-likeness (QED) is 0.211. The molecule has 0 radical (unpaired) electrons. The first-order valence-electron chi connectivity index (χ1n) is 11.0. The maximum atomic E-state index is 13.0. The van der Waals surface area contributed by atoms with Crippen molar-refractivity contribution in [3.8, 4) is 22.8 Å². The van der Waals surface area contributed by atoms with Crippen LogP contribution in [-0.2, 0) is 0 Å². The van der Waals surface area contributed by atoms with Crippen LogP contribution in [0.4, 0.5) is 0 Å². The van der Waals surface area contributed by atoms with E-state index >= 15 is 0 Å². The van der Waals surface area contributed by atoms with Crippen LogP contribution in [0.5, 0.6) is 5.75 Å². The van der Waals surface area contributed by atoms with Crippen LogP contribution in [0.3, 0.4) is 0 Å². The highest BCUT2D eigenvalue weighted by Gasteiger charge is 2.18. The van der Waals surface area contributed by atoms with Gasteiger partial charge in [-0.2, -0.15) is 0 Å². The van der Waals surface area contributed by atoms with Crippen molar-refractivity contribution in [1.82, 2.24) is 19.7 Å². The summed E-state index contributed by atoms with van der Waals surface area (Å²) in [6, 6.07) is 25.4. The van der Waals surface area contributed by atoms with Gasteiger partial charge in [0.25, 0.3) is 0 Å². The number of carbonyl (C=O) groups is 1. The first kappa shape index (κ1) is 21.9. The van der Waals surface area contributed by atoms with E-state index in [2.05, 4.69) is 15.2 Å². The zero-order valence-electron chi connectivity index (χ0n) is 18.6. The Kier molecular flexibility index (Phi) is 6.35. The second-order valence-electron chi connectivity index (χ2n) is 7.58. The molecule has 0 atom stereocenters. The molecular formula is C27H22N4O2S. The van der Waals surface area contributed by atoms with Crippen LogP contribution in [0, 0.1) is 0 Å². The largest absolute Gasteiger partial charge is 0.494 e. The van der Waals surface area contributed by atoms with Crippen molar-refractivity contribution in [3.63, 3.8) is 0 Å². The van der Waals surface area contributed by atoms with Crippen molar-refractivity contribution in [2.24, 2.45) is 0 Å². The summed E-state index contributed by atoms with van der Waals surface area (Å²) in [6.07, 6.45) is 3.45. The number of pyridine rings is 1. The fraction of sp³-hybridized carbons (Fsp3) is 0.111. The molecule has 0 spiro atoms. The third-order valence-corrected chi connectivity index (χ3v) is 6.31. The van der Waals surface area contributed by atoms with Crippen LogP contribution in [0.1, 0.15) is 17.3 Å². The summed E-state index contributed by atoms with van der Waals surface area (Å²) < 4.78 is 7.54. The van der Waals surface area contributed by atoms with Crippen LogP contribution in [0.25, 0.3) is 27.8 Å². The lowest BCUT2D eigenvalue weighted by molar-refractivity contribution is 0.102. The second kappa shape index (κ2) is 9.89. The average Bonchev–Trinajstić information content (AvgIpc) is 3.32. The number of carbonyl (C=O) groups excluding carboxylic acids is 1. The molecule has 0 aliphatic carbocycles. The Morgan fingerprint density at radius 2 is 1.68 bits per heavy atom. The van der Waals surface area contributed by atoms with Gasteiger partial charge in [-0.05, 0) is 60.2 Å². The minimum Gasteiger partial charge on any atom is -0.494 e. The van der Waals surface area contributed by atoms with Crippen LogP contribution in [0.2, 0.25) is 0 Å². The molecule has 0 bridgehead atoms. The lowest BCUT2D eigenvalue weighted by Crippen LogP contribution is -2.05. The zero-order chi connectivity index (χ0) is 23.3. The van der Waals surface area contributed by atoms with E-state index in [0.717, 1.165) is 27.8 Å². The Bertz CT molecular complexity index is 1430. The number of Topliss-reactive ketones (excluding diaryl/α,β-unsaturated/α-hetero) is 1. The SMILES string of the molecule is CCOc1ccc(-n2c(SCC(=O)c3ccc4ccccc4c3)nnc2-c2ccncc2)cc1. The van der Waals surface area contributed by atoms with Crippen molar-refractivity contribution in [2.45, 2.75) is 12.1 Å². The van der Waals surface area contributed by atoms with Gasteiger partial charge in [-0.25, -0.2) is 0 Å². The van der Waals surface area contributed by atoms with Gasteiger partial charge in [0, 0.05) is 29.2 Å². The Labute approximate surface area is 201 Å². The number of benzene rings is 3. The summed E-state index contributed by atoms with van der Waals surface area (Å²) in [6.45, 7) is 2.56. The van der Waals surface area contributed by atoms with Gasteiger partial charge in [0.05, 0.1) is 12.4 Å². The summed E-state index contributed by atoms with van der Waals surface area (Å²) in [5.41, 5.74) is 2.47. The first-order valence-corrected chi connectivity index (χ1v) is 12.0. The van der Waals surface area contributed by atoms with Gasteiger partial charge in [0.1, 0.15) is 5.75 Å². The molecule has 7 heteroatoms. The molecule has 5 rings (SSSR count). The molecule has 6 nitrogen and oxygen atoms in total. The number of rotatable bonds is 8. The topological polar surface area (TPSA) is 69.9 Å². The number of ketones is 1. The Morgan fingerprint density at radius 1 is 0.912 bits per heavy atom. The number of hydrogen-bond donors (Lipinski definition) is 0. The van der Waals surface area contributed by atoms with Crippen molar-refractivity contribution in [1.29, 1.82) is 0 Å². The monoisotopic (exact) mass is 466 g/mol. The molecule has 0 N–H and O–H groups in total. The van der Waals surface area contributed by atoms with Gasteiger partial charge in [-0.1, -0.05) is 48.2 Å². The van der Waals surface area contributed by atoms with E-state index in [-0.39, 0.29) is 11.5 Å². The molecule has 5 aromatic rings. The lowest BCUT2D eigenvalue weighted by atomic mass is 10.1. The van der Waals surface area contributed by atoms with Crippen LogP contribution >= 0.6 is 11.8 Å². The molecule has 0 unspecified atom stereocenters. The predicted molar refractivity (Wildman–Crippen MR) is 135 cm³/mol. The molecule has 168 valence electrons. The Hall–Kier alpha value is -3.97. The van der Waals surface area contributed by atoms with E-state index in [9.17, 15) is 4.79 Å². The highest BCUT2D eigenvalue weighted by Crippen LogP contribution is 2.29. The normalized spacial score (nSPS) is 11.0. The number of thioether (sulfide) groups is 1. The van der Waals surface area contributed by atoms with E-state index in [1.165, 1.54) is 11.8 Å². The molecule has 0 saturated carbocycles. The fourth-order valence-electron chi connectivity index (χ4n) is 3.72. The molecule has 0 aliphatic heterocycles. The number of hydrogen-bond acceptors (Lipinski definition) is 6. The molecule has 0 amide bonds. The maximum absolute atomic E-state index is 13.0. The summed E-state index contributed by atoms with van der Waals surface area (Å²) in [5.74, 6) is 1.78. The number of fused-ring (bicyclic) bond motifs is 1. The summed E-state index contributed by atoms with van der Waals surface area (Å²) >= 11 is 1.37. The van der Waals surface area contributed by atoms with E-state index in [0.29, 0.717) is 23.2 Å². The second-order valence-corrected chi connectivity index (χ2v) is 8.52. The minimum atomic E-state index is 0.0439. The third-order valence-electron chi connectivity index (χ3n) is 5.38. The number of ether oxygens (including phenoxy) is 1. The van der Waals surface area contributed by atoms with E-state index in [1.807, 2.05) is 90.4 Å². The molecule has 2 heterocycles. The molecule has 0 aliphatic rings. The molecule has 34 heavy (non-hydrogen) atoms. The first-order chi connectivity index (χ1) is 16.7. The van der Waals surface area contributed by atoms with Gasteiger partial charge < -0.3 is 4.74 Å². The van der Waals surface area contributed by atoms with Crippen LogP contribution in [0.15, 0.2) is 96.4 Å². The summed E-state index contributed by atoms with van der Waals surface area (Å²) in [7, 11) is 0. The molecule has 0 saturated heterocycles. The molecular weight excluding hydrogens is 444 g/mol. The summed E-state index contributed by atoms with van der Waals surface area (Å²) in [5, 5.41) is 11.7. The number of nitrogens with zero attached hydrogens (tertiary/aromatic N) is 4. The fourth-order valence-corrected chi connectivity index (χ4v) is 4.56. The maximum Gasteiger partial charge on any atom is 0.196 e. The van der Waals surface area contributed by atoms with Crippen LogP contribution in [-0.4, -0.2) is 37.9 Å². The molecule has 0 fully saturated rings. The van der Waals surface area contributed by atoms with Crippen molar-refractivity contribution in [2.75, 3.05) is 12.4 Å². The summed E-state index contributed by atoms with van der Waals surface area (Å²) in [4.78, 5) is 17.1. The van der Waals surface area contributed by atoms with Crippen molar-refractivity contribution in [3.05, 3.63) is 96.8 Å². The average molecular weight is 467 g/mol. The number of aromatic nitrogens is 4. The van der Waals surface area contributed by atoms with Crippen molar-refractivity contribution < 1.29 is 9.53 Å². The van der Waals surface area contributed by atoms with E-state index < -0.39 is 0 Å². The molecule has 2 aromatic heterocycles.